The third-order valence-electron chi connectivity index (χ3n) is 2.59. The Labute approximate surface area is 70.5 Å². The molecular weight excluding hydrogens is 166 g/mol. The van der Waals surface area contributed by atoms with E-state index >= 15 is 0 Å². The second kappa shape index (κ2) is 2.92. The molecule has 0 saturated carbocycles. The first-order chi connectivity index (χ1) is 5.38. The second-order valence-corrected chi connectivity index (χ2v) is 3.55. The van der Waals surface area contributed by atoms with Crippen LogP contribution in [-0.4, -0.2) is 29.8 Å². The monoisotopic (exact) mass is 180 g/mol. The average molecular weight is 180 g/mol. The maximum Gasteiger partial charge on any atom is 0.275 e. The van der Waals surface area contributed by atoms with E-state index in [1.165, 1.54) is 0 Å². The summed E-state index contributed by atoms with van der Waals surface area (Å²) in [5.41, 5.74) is -1.98. The first-order valence-electron chi connectivity index (χ1n) is 4.06. The molecule has 1 N–H and O–H groups in total. The topological polar surface area (TPSA) is 29.5 Å². The van der Waals surface area contributed by atoms with Gasteiger partial charge >= 0.3 is 0 Å². The summed E-state index contributed by atoms with van der Waals surface area (Å²) in [6, 6.07) is 0. The van der Waals surface area contributed by atoms with Crippen LogP contribution in [0.5, 0.6) is 0 Å². The Morgan fingerprint density at radius 3 is 2.50 bits per heavy atom. The number of hydrogen-bond donors (Lipinski definition) is 1. The molecule has 72 valence electrons. The highest BCUT2D eigenvalue weighted by Gasteiger charge is 2.53. The van der Waals surface area contributed by atoms with Gasteiger partial charge in [0, 0.05) is 13.5 Å². The Morgan fingerprint density at radius 2 is 2.17 bits per heavy atom. The predicted octanol–water partition coefficient (Wildman–Crippen LogP) is 1.43. The van der Waals surface area contributed by atoms with Crippen LogP contribution in [0.25, 0.3) is 0 Å². The predicted molar refractivity (Wildman–Crippen MR) is 40.2 cm³/mol. The minimum Gasteiger partial charge on any atom is -0.381 e. The van der Waals surface area contributed by atoms with Gasteiger partial charge in [0.25, 0.3) is 5.92 Å². The van der Waals surface area contributed by atoms with Crippen molar-refractivity contribution < 1.29 is 18.6 Å². The molecule has 1 fully saturated rings. The lowest BCUT2D eigenvalue weighted by Gasteiger charge is -2.41. The zero-order valence-corrected chi connectivity index (χ0v) is 7.31. The Morgan fingerprint density at radius 1 is 1.58 bits per heavy atom. The van der Waals surface area contributed by atoms with Crippen molar-refractivity contribution in [1.82, 2.24) is 0 Å². The number of hydrogen-bond acceptors (Lipinski definition) is 2. The van der Waals surface area contributed by atoms with Gasteiger partial charge in [-0.2, -0.15) is 0 Å². The Hall–Kier alpha value is -0.220. The summed E-state index contributed by atoms with van der Waals surface area (Å²) in [6.07, 6.45) is 0.486. The highest BCUT2D eigenvalue weighted by Crippen LogP contribution is 2.38. The van der Waals surface area contributed by atoms with Crippen molar-refractivity contribution >= 4 is 0 Å². The maximum absolute atomic E-state index is 12.9. The van der Waals surface area contributed by atoms with Crippen LogP contribution in [-0.2, 0) is 4.74 Å². The summed E-state index contributed by atoms with van der Waals surface area (Å²) in [5, 5.41) is 9.60. The van der Waals surface area contributed by atoms with Crippen molar-refractivity contribution in [2.45, 2.75) is 31.8 Å². The lowest BCUT2D eigenvalue weighted by atomic mass is 9.81. The van der Waals surface area contributed by atoms with Gasteiger partial charge in [0.05, 0.1) is 6.61 Å². The van der Waals surface area contributed by atoms with Gasteiger partial charge in [-0.1, -0.05) is 6.92 Å². The van der Waals surface area contributed by atoms with Crippen molar-refractivity contribution in [2.24, 2.45) is 5.92 Å². The fourth-order valence-electron chi connectivity index (χ4n) is 1.43. The summed E-state index contributed by atoms with van der Waals surface area (Å²) in [7, 11) is 0. The van der Waals surface area contributed by atoms with E-state index in [1.807, 2.05) is 0 Å². The number of aliphatic hydroxyl groups is 1. The first kappa shape index (κ1) is 9.86. The molecule has 2 atom stereocenters. The molecule has 1 aliphatic heterocycles. The molecule has 0 spiro atoms. The van der Waals surface area contributed by atoms with E-state index in [1.54, 1.807) is 6.92 Å². The molecule has 1 aliphatic rings. The molecule has 1 heterocycles. The molecule has 1 rings (SSSR count). The highest BCUT2D eigenvalue weighted by atomic mass is 19.3. The van der Waals surface area contributed by atoms with Crippen molar-refractivity contribution in [2.75, 3.05) is 13.2 Å². The third kappa shape index (κ3) is 1.45. The van der Waals surface area contributed by atoms with Gasteiger partial charge in [0.2, 0.25) is 0 Å². The largest absolute Gasteiger partial charge is 0.381 e. The minimum atomic E-state index is -3.09. The van der Waals surface area contributed by atoms with Crippen LogP contribution in [0, 0.1) is 5.92 Å². The summed E-state index contributed by atoms with van der Waals surface area (Å²) in [4.78, 5) is 0. The van der Waals surface area contributed by atoms with Crippen LogP contribution in [0.3, 0.4) is 0 Å². The molecule has 0 bridgehead atoms. The molecule has 4 heteroatoms. The van der Waals surface area contributed by atoms with E-state index < -0.39 is 17.4 Å². The lowest BCUT2D eigenvalue weighted by molar-refractivity contribution is -0.238. The van der Waals surface area contributed by atoms with Gasteiger partial charge in [-0.3, -0.25) is 0 Å². The van der Waals surface area contributed by atoms with Crippen molar-refractivity contribution in [1.29, 1.82) is 0 Å². The molecule has 0 aromatic carbocycles. The summed E-state index contributed by atoms with van der Waals surface area (Å²) in [6.45, 7) is 2.55. The number of alkyl halides is 2. The molecule has 2 unspecified atom stereocenters. The zero-order chi connectivity index (χ0) is 9.41. The Bertz CT molecular complexity index is 167. The standard InChI is InChI=1S/C8H14F2O2/c1-6-3-4-12-5-8(6,11)7(2,9)10/h6,11H,3-5H2,1-2H3. The number of halogens is 2. The highest BCUT2D eigenvalue weighted by molar-refractivity contribution is 4.96. The van der Waals surface area contributed by atoms with Crippen LogP contribution in [0.4, 0.5) is 8.78 Å². The van der Waals surface area contributed by atoms with E-state index in [0.29, 0.717) is 13.0 Å². The summed E-state index contributed by atoms with van der Waals surface area (Å²) >= 11 is 0. The van der Waals surface area contributed by atoms with Gasteiger partial charge in [-0.05, 0) is 12.3 Å². The molecular formula is C8H14F2O2. The third-order valence-corrected chi connectivity index (χ3v) is 2.59. The number of rotatable bonds is 1. The summed E-state index contributed by atoms with van der Waals surface area (Å²) in [5.74, 6) is -3.50. The van der Waals surface area contributed by atoms with Gasteiger partial charge in [0.1, 0.15) is 0 Å². The molecule has 0 aromatic rings. The van der Waals surface area contributed by atoms with E-state index in [2.05, 4.69) is 0 Å². The molecule has 2 nitrogen and oxygen atoms in total. The van der Waals surface area contributed by atoms with Crippen LogP contribution < -0.4 is 0 Å². The van der Waals surface area contributed by atoms with Gasteiger partial charge in [0.15, 0.2) is 5.60 Å². The molecule has 0 aromatic heterocycles. The first-order valence-corrected chi connectivity index (χ1v) is 4.06. The fourth-order valence-corrected chi connectivity index (χ4v) is 1.43. The van der Waals surface area contributed by atoms with Crippen molar-refractivity contribution in [3.8, 4) is 0 Å². The van der Waals surface area contributed by atoms with Crippen LogP contribution in [0.2, 0.25) is 0 Å². The SMILES string of the molecule is CC1CCOCC1(O)C(C)(F)F. The quantitative estimate of drug-likeness (QED) is 0.661. The van der Waals surface area contributed by atoms with Crippen LogP contribution in [0.15, 0.2) is 0 Å². The van der Waals surface area contributed by atoms with Gasteiger partial charge < -0.3 is 9.84 Å². The Kier molecular flexibility index (Phi) is 2.40. The lowest BCUT2D eigenvalue weighted by Crippen LogP contribution is -2.57. The van der Waals surface area contributed by atoms with E-state index in [0.717, 1.165) is 6.92 Å². The van der Waals surface area contributed by atoms with Gasteiger partial charge in [-0.25, -0.2) is 8.78 Å². The van der Waals surface area contributed by atoms with E-state index in [-0.39, 0.29) is 6.61 Å². The molecule has 0 radical (unpaired) electrons. The minimum absolute atomic E-state index is 0.266. The molecule has 0 amide bonds. The zero-order valence-electron chi connectivity index (χ0n) is 7.31. The van der Waals surface area contributed by atoms with E-state index in [9.17, 15) is 13.9 Å². The van der Waals surface area contributed by atoms with Crippen molar-refractivity contribution in [3.05, 3.63) is 0 Å². The normalized spacial score (nSPS) is 38.2. The van der Waals surface area contributed by atoms with Crippen LogP contribution in [0.1, 0.15) is 20.3 Å². The van der Waals surface area contributed by atoms with Crippen LogP contribution >= 0.6 is 0 Å². The summed E-state index contributed by atoms with van der Waals surface area (Å²) < 4.78 is 30.7. The smallest absolute Gasteiger partial charge is 0.275 e. The van der Waals surface area contributed by atoms with Gasteiger partial charge in [-0.15, -0.1) is 0 Å². The fraction of sp³-hybridized carbons (Fsp3) is 1.00. The molecule has 0 aliphatic carbocycles. The average Bonchev–Trinajstić information content (AvgIpc) is 1.93. The molecule has 12 heavy (non-hydrogen) atoms. The maximum atomic E-state index is 12.9. The second-order valence-electron chi connectivity index (χ2n) is 3.55. The van der Waals surface area contributed by atoms with Crippen molar-refractivity contribution in [3.63, 3.8) is 0 Å². The van der Waals surface area contributed by atoms with E-state index in [4.69, 9.17) is 4.74 Å². The number of ether oxygens (including phenoxy) is 1. The molecule has 1 saturated heterocycles. The Balaban J connectivity index is 2.79.